The molecule has 0 atom stereocenters. The molecule has 0 saturated carbocycles. The number of fused-ring (bicyclic) bond motifs is 1. The number of hydrogen-bond donors (Lipinski definition) is 2. The third-order valence-electron chi connectivity index (χ3n) is 4.95. The van der Waals surface area contributed by atoms with Gasteiger partial charge in [0.25, 0.3) is 17.5 Å². The molecule has 1 aliphatic rings. The summed E-state index contributed by atoms with van der Waals surface area (Å²) in [5.74, 6) is 0.00209. The minimum absolute atomic E-state index is 0.0720. The van der Waals surface area contributed by atoms with Gasteiger partial charge in [-0.05, 0) is 54.1 Å². The van der Waals surface area contributed by atoms with Crippen LogP contribution >= 0.6 is 15.9 Å². The second kappa shape index (κ2) is 10.3. The summed E-state index contributed by atoms with van der Waals surface area (Å²) >= 11 is 3.32. The molecule has 10 nitrogen and oxygen atoms in total. The Morgan fingerprint density at radius 3 is 2.51 bits per heavy atom. The maximum Gasteiger partial charge on any atom is 0.273 e. The lowest BCUT2D eigenvalue weighted by molar-refractivity contribution is -0.384. The van der Waals surface area contributed by atoms with E-state index in [1.165, 1.54) is 31.4 Å². The van der Waals surface area contributed by atoms with Gasteiger partial charge in [-0.3, -0.25) is 19.7 Å². The van der Waals surface area contributed by atoms with Gasteiger partial charge >= 0.3 is 0 Å². The molecule has 2 amide bonds. The fourth-order valence-corrected chi connectivity index (χ4v) is 3.47. The molecule has 2 N–H and O–H groups in total. The van der Waals surface area contributed by atoms with Crippen LogP contribution in [0.2, 0.25) is 0 Å². The predicted octanol–water partition coefficient (Wildman–Crippen LogP) is 4.50. The Morgan fingerprint density at radius 2 is 1.80 bits per heavy atom. The van der Waals surface area contributed by atoms with Crippen LogP contribution in [0.5, 0.6) is 17.2 Å². The van der Waals surface area contributed by atoms with Crippen molar-refractivity contribution in [2.75, 3.05) is 19.2 Å². The Morgan fingerprint density at radius 1 is 1.06 bits per heavy atom. The number of amides is 2. The summed E-state index contributed by atoms with van der Waals surface area (Å²) in [6.45, 7) is 0.0933. The topological polar surface area (TPSA) is 129 Å². The van der Waals surface area contributed by atoms with Crippen molar-refractivity contribution < 1.29 is 28.7 Å². The molecule has 0 aliphatic carbocycles. The van der Waals surface area contributed by atoms with Crippen molar-refractivity contribution in [1.82, 2.24) is 5.32 Å². The van der Waals surface area contributed by atoms with Gasteiger partial charge in [0, 0.05) is 16.1 Å². The van der Waals surface area contributed by atoms with Crippen LogP contribution in [0.3, 0.4) is 0 Å². The summed E-state index contributed by atoms with van der Waals surface area (Å²) < 4.78 is 16.7. The first kappa shape index (κ1) is 23.8. The third kappa shape index (κ3) is 5.58. The van der Waals surface area contributed by atoms with Crippen LogP contribution in [0, 0.1) is 10.1 Å². The van der Waals surface area contributed by atoms with E-state index in [-0.39, 0.29) is 29.6 Å². The molecule has 0 spiro atoms. The summed E-state index contributed by atoms with van der Waals surface area (Å²) in [7, 11) is 1.33. The minimum atomic E-state index is -0.666. The number of nitrogens with zero attached hydrogens (tertiary/aromatic N) is 1. The minimum Gasteiger partial charge on any atom is -0.494 e. The first-order valence-electron chi connectivity index (χ1n) is 10.2. The summed E-state index contributed by atoms with van der Waals surface area (Å²) in [5.41, 5.74) is 0.839. The van der Waals surface area contributed by atoms with Crippen LogP contribution in [0.4, 0.5) is 11.4 Å². The number of ether oxygens (including phenoxy) is 3. The maximum atomic E-state index is 13.2. The SMILES string of the molecule is COc1cc([N+](=O)[O-])ccc1NC(=O)/C(=C/c1ccc2c(c1)OCO2)NC(=O)c1ccc(Br)cc1. The van der Waals surface area contributed by atoms with E-state index < -0.39 is 16.7 Å². The molecule has 0 saturated heterocycles. The normalized spacial score (nSPS) is 12.1. The zero-order chi connectivity index (χ0) is 24.9. The molecule has 1 aliphatic heterocycles. The lowest BCUT2D eigenvalue weighted by Crippen LogP contribution is -2.30. The first-order valence-corrected chi connectivity index (χ1v) is 11.0. The Kier molecular flexibility index (Phi) is 6.97. The van der Waals surface area contributed by atoms with Gasteiger partial charge in [-0.2, -0.15) is 0 Å². The Hall–Kier alpha value is -4.38. The van der Waals surface area contributed by atoms with E-state index in [1.807, 2.05) is 0 Å². The quantitative estimate of drug-likeness (QED) is 0.257. The number of benzene rings is 3. The number of nitro groups is 1. The molecule has 3 aromatic carbocycles. The highest BCUT2D eigenvalue weighted by Gasteiger charge is 2.19. The molecule has 11 heteroatoms. The highest BCUT2D eigenvalue weighted by Crippen LogP contribution is 2.33. The number of hydrogen-bond acceptors (Lipinski definition) is 7. The lowest BCUT2D eigenvalue weighted by atomic mass is 10.1. The Labute approximate surface area is 207 Å². The number of nitro benzene ring substituents is 1. The number of non-ortho nitro benzene ring substituents is 1. The predicted molar refractivity (Wildman–Crippen MR) is 130 cm³/mol. The Balaban J connectivity index is 1.65. The molecule has 0 unspecified atom stereocenters. The Bertz CT molecular complexity index is 1340. The number of anilines is 1. The first-order chi connectivity index (χ1) is 16.8. The molecule has 0 radical (unpaired) electrons. The second-order valence-electron chi connectivity index (χ2n) is 7.23. The van der Waals surface area contributed by atoms with Gasteiger partial charge in [0.15, 0.2) is 11.5 Å². The largest absolute Gasteiger partial charge is 0.494 e. The van der Waals surface area contributed by atoms with E-state index >= 15 is 0 Å². The van der Waals surface area contributed by atoms with Crippen LogP contribution in [0.25, 0.3) is 6.08 Å². The smallest absolute Gasteiger partial charge is 0.273 e. The molecule has 35 heavy (non-hydrogen) atoms. The number of carbonyl (C=O) groups excluding carboxylic acids is 2. The monoisotopic (exact) mass is 539 g/mol. The number of carbonyl (C=O) groups is 2. The van der Waals surface area contributed by atoms with Gasteiger partial charge in [-0.15, -0.1) is 0 Å². The fourth-order valence-electron chi connectivity index (χ4n) is 3.21. The van der Waals surface area contributed by atoms with Crippen molar-refractivity contribution >= 4 is 45.2 Å². The molecule has 0 aromatic heterocycles. The van der Waals surface area contributed by atoms with Crippen LogP contribution in [-0.4, -0.2) is 30.6 Å². The van der Waals surface area contributed by atoms with Crippen LogP contribution in [0.15, 0.2) is 70.8 Å². The second-order valence-corrected chi connectivity index (χ2v) is 8.14. The fraction of sp³-hybridized carbons (Fsp3) is 0.0833. The van der Waals surface area contributed by atoms with Crippen LogP contribution in [0.1, 0.15) is 15.9 Å². The molecule has 0 fully saturated rings. The highest BCUT2D eigenvalue weighted by atomic mass is 79.9. The molecular formula is C24H18BrN3O7. The van der Waals surface area contributed by atoms with Gasteiger partial charge in [0.1, 0.15) is 11.4 Å². The van der Waals surface area contributed by atoms with Crippen molar-refractivity contribution in [3.8, 4) is 17.2 Å². The number of nitrogens with one attached hydrogen (secondary N) is 2. The van der Waals surface area contributed by atoms with E-state index in [0.717, 1.165) is 4.47 Å². The van der Waals surface area contributed by atoms with E-state index in [0.29, 0.717) is 22.6 Å². The van der Waals surface area contributed by atoms with Crippen LogP contribution in [-0.2, 0) is 4.79 Å². The maximum absolute atomic E-state index is 13.2. The van der Waals surface area contributed by atoms with Crippen molar-refractivity contribution in [2.24, 2.45) is 0 Å². The number of halogens is 1. The van der Waals surface area contributed by atoms with Gasteiger partial charge < -0.3 is 24.8 Å². The number of rotatable bonds is 7. The van der Waals surface area contributed by atoms with Crippen LogP contribution < -0.4 is 24.8 Å². The average Bonchev–Trinajstić information content (AvgIpc) is 3.32. The van der Waals surface area contributed by atoms with Crippen molar-refractivity contribution in [1.29, 1.82) is 0 Å². The number of methoxy groups -OCH3 is 1. The zero-order valence-corrected chi connectivity index (χ0v) is 19.8. The lowest BCUT2D eigenvalue weighted by Gasteiger charge is -2.13. The summed E-state index contributed by atoms with van der Waals surface area (Å²) in [4.78, 5) is 36.5. The molecule has 4 rings (SSSR count). The van der Waals surface area contributed by atoms with Crippen molar-refractivity contribution in [3.05, 3.63) is 92.1 Å². The molecule has 178 valence electrons. The summed E-state index contributed by atoms with van der Waals surface area (Å²) in [6.07, 6.45) is 1.48. The van der Waals surface area contributed by atoms with Gasteiger partial charge in [-0.25, -0.2) is 0 Å². The van der Waals surface area contributed by atoms with E-state index in [4.69, 9.17) is 14.2 Å². The molecule has 3 aromatic rings. The molecule has 1 heterocycles. The molecular weight excluding hydrogens is 522 g/mol. The standard InChI is InChI=1S/C24H18BrN3O7/c1-33-21-12-17(28(31)32)7-8-18(21)26-24(30)19(27-23(29)15-3-5-16(25)6-4-15)10-14-2-9-20-22(11-14)35-13-34-20/h2-12H,13H2,1H3,(H,26,30)(H,27,29)/b19-10-. The van der Waals surface area contributed by atoms with E-state index in [9.17, 15) is 19.7 Å². The zero-order valence-electron chi connectivity index (χ0n) is 18.2. The highest BCUT2D eigenvalue weighted by molar-refractivity contribution is 9.10. The van der Waals surface area contributed by atoms with Gasteiger partial charge in [0.05, 0.1) is 23.8 Å². The average molecular weight is 540 g/mol. The van der Waals surface area contributed by atoms with E-state index in [1.54, 1.807) is 42.5 Å². The summed E-state index contributed by atoms with van der Waals surface area (Å²) in [6, 6.07) is 15.5. The van der Waals surface area contributed by atoms with Gasteiger partial charge in [-0.1, -0.05) is 22.0 Å². The van der Waals surface area contributed by atoms with E-state index in [2.05, 4.69) is 26.6 Å². The third-order valence-corrected chi connectivity index (χ3v) is 5.48. The van der Waals surface area contributed by atoms with Crippen molar-refractivity contribution in [3.63, 3.8) is 0 Å². The van der Waals surface area contributed by atoms with Crippen molar-refractivity contribution in [2.45, 2.75) is 0 Å². The van der Waals surface area contributed by atoms with Gasteiger partial charge in [0.2, 0.25) is 6.79 Å². The molecule has 0 bridgehead atoms. The summed E-state index contributed by atoms with van der Waals surface area (Å²) in [5, 5.41) is 16.3.